The Hall–Kier alpha value is -1.03. The molecule has 0 aliphatic carbocycles. The highest BCUT2D eigenvalue weighted by molar-refractivity contribution is 9.09. The summed E-state index contributed by atoms with van der Waals surface area (Å²) in [7, 11) is 0. The van der Waals surface area contributed by atoms with Gasteiger partial charge in [-0.2, -0.15) is 0 Å². The number of alkyl halides is 1. The van der Waals surface area contributed by atoms with Crippen LogP contribution in [0.15, 0.2) is 18.2 Å². The highest BCUT2D eigenvalue weighted by Gasteiger charge is 2.03. The summed E-state index contributed by atoms with van der Waals surface area (Å²) in [6, 6.07) is 5.36. The molecule has 0 heterocycles. The van der Waals surface area contributed by atoms with E-state index in [4.69, 9.17) is 9.47 Å². The average molecular weight is 343 g/mol. The van der Waals surface area contributed by atoms with Crippen LogP contribution in [0.3, 0.4) is 0 Å². The Morgan fingerprint density at radius 1 is 1.00 bits per heavy atom. The summed E-state index contributed by atoms with van der Waals surface area (Å²) in [6.07, 6.45) is 6.24. The van der Waals surface area contributed by atoms with E-state index in [1.807, 2.05) is 6.07 Å². The first kappa shape index (κ1) is 17.0. The lowest BCUT2D eigenvalue weighted by molar-refractivity contribution is 0.112. The number of aldehydes is 1. The van der Waals surface area contributed by atoms with Crippen LogP contribution in [0.2, 0.25) is 0 Å². The van der Waals surface area contributed by atoms with Gasteiger partial charge < -0.3 is 9.47 Å². The minimum atomic E-state index is 0.591. The molecule has 0 aromatic heterocycles. The van der Waals surface area contributed by atoms with Crippen LogP contribution >= 0.6 is 15.9 Å². The van der Waals surface area contributed by atoms with Crippen molar-refractivity contribution in [3.8, 4) is 11.5 Å². The number of unbranched alkanes of at least 4 members (excludes halogenated alkanes) is 3. The Balaban J connectivity index is 2.53. The van der Waals surface area contributed by atoms with Gasteiger partial charge in [0.2, 0.25) is 0 Å². The molecule has 112 valence electrons. The molecule has 0 bridgehead atoms. The van der Waals surface area contributed by atoms with E-state index in [2.05, 4.69) is 22.9 Å². The Kier molecular flexibility index (Phi) is 9.13. The normalized spacial score (nSPS) is 10.3. The number of carbonyl (C=O) groups is 1. The summed E-state index contributed by atoms with van der Waals surface area (Å²) in [5.74, 6) is 1.41. The molecular weight excluding hydrogens is 320 g/mol. The SMILES string of the molecule is CCCCCOc1cc(C=O)cc(OCCCCBr)c1. The number of rotatable bonds is 11. The molecule has 0 fully saturated rings. The first-order valence-electron chi connectivity index (χ1n) is 7.22. The van der Waals surface area contributed by atoms with Gasteiger partial charge in [0.15, 0.2) is 0 Å². The lowest BCUT2D eigenvalue weighted by Gasteiger charge is -2.10. The van der Waals surface area contributed by atoms with E-state index < -0.39 is 0 Å². The Bertz CT molecular complexity index is 363. The largest absolute Gasteiger partial charge is 0.493 e. The Morgan fingerprint density at radius 3 is 2.10 bits per heavy atom. The molecule has 1 aromatic rings. The smallest absolute Gasteiger partial charge is 0.150 e. The summed E-state index contributed by atoms with van der Waals surface area (Å²) < 4.78 is 11.3. The number of ether oxygens (including phenoxy) is 2. The lowest BCUT2D eigenvalue weighted by Crippen LogP contribution is -2.01. The van der Waals surface area contributed by atoms with Gasteiger partial charge in [0.25, 0.3) is 0 Å². The highest BCUT2D eigenvalue weighted by Crippen LogP contribution is 2.23. The summed E-state index contributed by atoms with van der Waals surface area (Å²) in [4.78, 5) is 10.9. The fourth-order valence-corrected chi connectivity index (χ4v) is 2.15. The van der Waals surface area contributed by atoms with Crippen molar-refractivity contribution in [3.05, 3.63) is 23.8 Å². The molecule has 1 rings (SSSR count). The fourth-order valence-electron chi connectivity index (χ4n) is 1.76. The third-order valence-electron chi connectivity index (χ3n) is 2.85. The summed E-state index contributed by atoms with van der Waals surface area (Å²) in [5, 5.41) is 0.983. The third-order valence-corrected chi connectivity index (χ3v) is 3.41. The number of benzene rings is 1. The van der Waals surface area contributed by atoms with Crippen molar-refractivity contribution in [1.29, 1.82) is 0 Å². The van der Waals surface area contributed by atoms with E-state index in [1.54, 1.807) is 12.1 Å². The molecule has 0 saturated heterocycles. The van der Waals surface area contributed by atoms with Crippen molar-refractivity contribution in [3.63, 3.8) is 0 Å². The second kappa shape index (κ2) is 10.7. The molecule has 0 spiro atoms. The summed E-state index contributed by atoms with van der Waals surface area (Å²) in [5.41, 5.74) is 0.591. The van der Waals surface area contributed by atoms with Gasteiger partial charge in [-0.15, -0.1) is 0 Å². The molecule has 0 atom stereocenters. The quantitative estimate of drug-likeness (QED) is 0.334. The second-order valence-corrected chi connectivity index (χ2v) is 5.45. The van der Waals surface area contributed by atoms with Gasteiger partial charge in [-0.1, -0.05) is 35.7 Å². The number of carbonyl (C=O) groups excluding carboxylic acids is 1. The summed E-state index contributed by atoms with van der Waals surface area (Å²) in [6.45, 7) is 3.49. The minimum absolute atomic E-state index is 0.591. The molecule has 0 radical (unpaired) electrons. The van der Waals surface area contributed by atoms with Crippen molar-refractivity contribution in [2.45, 2.75) is 39.0 Å². The van der Waals surface area contributed by atoms with Crippen LogP contribution < -0.4 is 9.47 Å². The van der Waals surface area contributed by atoms with Gasteiger partial charge >= 0.3 is 0 Å². The van der Waals surface area contributed by atoms with Gasteiger partial charge in [-0.25, -0.2) is 0 Å². The van der Waals surface area contributed by atoms with Gasteiger partial charge in [-0.05, 0) is 31.4 Å². The number of hydrogen-bond donors (Lipinski definition) is 0. The predicted octanol–water partition coefficient (Wildman–Crippen LogP) is 4.62. The maximum atomic E-state index is 10.9. The summed E-state index contributed by atoms with van der Waals surface area (Å²) >= 11 is 3.39. The Labute approximate surface area is 129 Å². The van der Waals surface area contributed by atoms with Crippen LogP contribution in [0.5, 0.6) is 11.5 Å². The van der Waals surface area contributed by atoms with Crippen molar-refractivity contribution in [2.24, 2.45) is 0 Å². The topological polar surface area (TPSA) is 35.5 Å². The highest BCUT2D eigenvalue weighted by atomic mass is 79.9. The van der Waals surface area contributed by atoms with Gasteiger partial charge in [-0.3, -0.25) is 4.79 Å². The van der Waals surface area contributed by atoms with Crippen LogP contribution in [0.1, 0.15) is 49.4 Å². The molecular formula is C16H23BrO3. The van der Waals surface area contributed by atoms with Crippen LogP contribution in [-0.2, 0) is 0 Å². The van der Waals surface area contributed by atoms with E-state index in [-0.39, 0.29) is 0 Å². The minimum Gasteiger partial charge on any atom is -0.493 e. The number of hydrogen-bond acceptors (Lipinski definition) is 3. The van der Waals surface area contributed by atoms with E-state index in [9.17, 15) is 4.79 Å². The van der Waals surface area contributed by atoms with Crippen molar-refractivity contribution < 1.29 is 14.3 Å². The second-order valence-electron chi connectivity index (χ2n) is 4.66. The van der Waals surface area contributed by atoms with E-state index >= 15 is 0 Å². The van der Waals surface area contributed by atoms with Crippen LogP contribution in [0.4, 0.5) is 0 Å². The number of halogens is 1. The zero-order valence-corrected chi connectivity index (χ0v) is 13.7. The van der Waals surface area contributed by atoms with Crippen molar-refractivity contribution >= 4 is 22.2 Å². The molecule has 3 nitrogen and oxygen atoms in total. The molecule has 1 aromatic carbocycles. The molecule has 0 amide bonds. The molecule has 0 unspecified atom stereocenters. The molecule has 0 aliphatic rings. The molecule has 0 saturated carbocycles. The molecule has 0 N–H and O–H groups in total. The molecule has 0 aliphatic heterocycles. The maximum Gasteiger partial charge on any atom is 0.150 e. The lowest BCUT2D eigenvalue weighted by atomic mass is 10.2. The standard InChI is InChI=1S/C16H23BrO3/c1-2-3-5-8-19-15-10-14(13-18)11-16(12-15)20-9-6-4-7-17/h10-13H,2-9H2,1H3. The van der Waals surface area contributed by atoms with Crippen molar-refractivity contribution in [2.75, 3.05) is 18.5 Å². The first-order chi connectivity index (χ1) is 9.80. The average Bonchev–Trinajstić information content (AvgIpc) is 2.48. The monoisotopic (exact) mass is 342 g/mol. The molecule has 4 heteroatoms. The fraction of sp³-hybridized carbons (Fsp3) is 0.562. The zero-order chi connectivity index (χ0) is 14.6. The maximum absolute atomic E-state index is 10.9. The molecule has 20 heavy (non-hydrogen) atoms. The van der Waals surface area contributed by atoms with Gasteiger partial charge in [0.1, 0.15) is 17.8 Å². The Morgan fingerprint density at radius 2 is 1.60 bits per heavy atom. The first-order valence-corrected chi connectivity index (χ1v) is 8.34. The van der Waals surface area contributed by atoms with Gasteiger partial charge in [0.05, 0.1) is 13.2 Å². The van der Waals surface area contributed by atoms with E-state index in [1.165, 1.54) is 6.42 Å². The zero-order valence-electron chi connectivity index (χ0n) is 12.1. The van der Waals surface area contributed by atoms with Crippen LogP contribution in [-0.4, -0.2) is 24.8 Å². The van der Waals surface area contributed by atoms with Crippen LogP contribution in [0, 0.1) is 0 Å². The van der Waals surface area contributed by atoms with Gasteiger partial charge in [0, 0.05) is 17.0 Å². The third kappa shape index (κ3) is 6.94. The van der Waals surface area contributed by atoms with Crippen molar-refractivity contribution in [1.82, 2.24) is 0 Å². The predicted molar refractivity (Wildman–Crippen MR) is 85.4 cm³/mol. The van der Waals surface area contributed by atoms with E-state index in [0.717, 1.165) is 37.3 Å². The van der Waals surface area contributed by atoms with Crippen LogP contribution in [0.25, 0.3) is 0 Å². The van der Waals surface area contributed by atoms with E-state index in [0.29, 0.717) is 30.3 Å².